The number of urea groups is 1. The topological polar surface area (TPSA) is 106 Å². The van der Waals surface area contributed by atoms with E-state index in [0.29, 0.717) is 17.0 Å². The Morgan fingerprint density at radius 1 is 1.30 bits per heavy atom. The van der Waals surface area contributed by atoms with E-state index in [9.17, 15) is 9.59 Å². The number of hydrogen-bond acceptors (Lipinski definition) is 4. The lowest BCUT2D eigenvalue weighted by atomic mass is 9.99. The molecule has 23 heavy (non-hydrogen) atoms. The monoisotopic (exact) mass is 320 g/mol. The van der Waals surface area contributed by atoms with E-state index >= 15 is 0 Å². The van der Waals surface area contributed by atoms with Crippen molar-refractivity contribution in [3.63, 3.8) is 0 Å². The van der Waals surface area contributed by atoms with Crippen LogP contribution in [0.1, 0.15) is 20.8 Å². The first kappa shape index (κ1) is 20.3. The van der Waals surface area contributed by atoms with E-state index in [1.54, 1.807) is 33.0 Å². The maximum absolute atomic E-state index is 11.7. The van der Waals surface area contributed by atoms with Gasteiger partial charge in [0.15, 0.2) is 0 Å². The number of rotatable bonds is 7. The number of nitrogens with two attached hydrogens (primary N) is 1. The lowest BCUT2D eigenvalue weighted by Gasteiger charge is -2.13. The number of primary amides is 1. The van der Waals surface area contributed by atoms with Gasteiger partial charge in [0.05, 0.1) is 12.8 Å². The van der Waals surface area contributed by atoms with Gasteiger partial charge in [-0.3, -0.25) is 14.6 Å². The molecule has 0 radical (unpaired) electrons. The number of nitrogens with zero attached hydrogens (tertiary/aromatic N) is 1. The van der Waals surface area contributed by atoms with Gasteiger partial charge in [-0.1, -0.05) is 18.7 Å². The number of hydrogen-bond donors (Lipinski definition) is 3. The van der Waals surface area contributed by atoms with Crippen LogP contribution < -0.4 is 16.5 Å². The maximum Gasteiger partial charge on any atom is 0.316 e. The number of carbonyl (C=O) groups excluding carboxylic acids is 2. The van der Waals surface area contributed by atoms with Gasteiger partial charge >= 0.3 is 6.03 Å². The number of hydroxylamine groups is 1. The highest BCUT2D eigenvalue weighted by atomic mass is 16.6. The van der Waals surface area contributed by atoms with E-state index in [0.717, 1.165) is 5.57 Å². The minimum absolute atomic E-state index is 0.203. The molecule has 0 atom stereocenters. The van der Waals surface area contributed by atoms with Crippen LogP contribution in [0.5, 0.6) is 0 Å². The highest BCUT2D eigenvalue weighted by Gasteiger charge is 2.12. The highest BCUT2D eigenvalue weighted by molar-refractivity contribution is 6.15. The number of allylic oxidation sites excluding steroid dienone is 5. The molecule has 0 heterocycles. The highest BCUT2D eigenvalue weighted by Crippen LogP contribution is 2.15. The lowest BCUT2D eigenvalue weighted by Crippen LogP contribution is -2.29. The number of nitrogens with one attached hydrogen (secondary N) is 2. The number of carbonyl (C=O) groups is 2. The average Bonchev–Trinajstić information content (AvgIpc) is 2.47. The van der Waals surface area contributed by atoms with Crippen LogP contribution in [0.15, 0.2) is 52.2 Å². The standard InChI is InChI=1S/C16H24N4O3/c1-7-8-13(9-10(2)15(21)20-23-6)14(18-5)11(3)12(4)19-16(17)22/h7-9H,2H2,1,3-6H3,(H,20,21)(H3,17,19,22)/b8-7-,12-11+,13-9+,18-14?. The van der Waals surface area contributed by atoms with Crippen LogP contribution in [-0.4, -0.2) is 31.8 Å². The molecule has 0 aromatic rings. The van der Waals surface area contributed by atoms with Crippen molar-refractivity contribution in [2.24, 2.45) is 10.7 Å². The number of amides is 3. The van der Waals surface area contributed by atoms with Gasteiger partial charge < -0.3 is 11.1 Å². The summed E-state index contributed by atoms with van der Waals surface area (Å²) in [6.45, 7) is 9.05. The van der Waals surface area contributed by atoms with E-state index in [-0.39, 0.29) is 5.57 Å². The second-order valence-electron chi connectivity index (χ2n) is 4.57. The molecular weight excluding hydrogens is 296 g/mol. The summed E-state index contributed by atoms with van der Waals surface area (Å²) in [7, 11) is 2.96. The van der Waals surface area contributed by atoms with Crippen LogP contribution in [-0.2, 0) is 9.63 Å². The van der Waals surface area contributed by atoms with Crippen LogP contribution in [0.3, 0.4) is 0 Å². The fourth-order valence-corrected chi connectivity index (χ4v) is 1.76. The van der Waals surface area contributed by atoms with Crippen molar-refractivity contribution in [2.75, 3.05) is 14.2 Å². The summed E-state index contributed by atoms with van der Waals surface area (Å²) < 4.78 is 0. The Hall–Kier alpha value is -2.67. The van der Waals surface area contributed by atoms with Crippen molar-refractivity contribution in [1.29, 1.82) is 0 Å². The molecule has 0 saturated heterocycles. The van der Waals surface area contributed by atoms with Crippen LogP contribution in [0.2, 0.25) is 0 Å². The van der Waals surface area contributed by atoms with Gasteiger partial charge in [-0.15, -0.1) is 0 Å². The summed E-state index contributed by atoms with van der Waals surface area (Å²) >= 11 is 0. The van der Waals surface area contributed by atoms with E-state index in [1.165, 1.54) is 7.11 Å². The Morgan fingerprint density at radius 3 is 2.35 bits per heavy atom. The molecule has 0 fully saturated rings. The van der Waals surface area contributed by atoms with Crippen molar-refractivity contribution in [3.05, 3.63) is 47.2 Å². The molecule has 7 heteroatoms. The van der Waals surface area contributed by atoms with Crippen LogP contribution in [0, 0.1) is 0 Å². The van der Waals surface area contributed by atoms with Gasteiger partial charge in [-0.25, -0.2) is 10.3 Å². The van der Waals surface area contributed by atoms with Gasteiger partial charge in [0.2, 0.25) is 0 Å². The summed E-state index contributed by atoms with van der Waals surface area (Å²) in [6, 6.07) is -0.655. The zero-order valence-electron chi connectivity index (χ0n) is 14.2. The van der Waals surface area contributed by atoms with Gasteiger partial charge in [0.1, 0.15) is 0 Å². The predicted molar refractivity (Wildman–Crippen MR) is 91.6 cm³/mol. The van der Waals surface area contributed by atoms with E-state index < -0.39 is 11.9 Å². The average molecular weight is 320 g/mol. The molecule has 0 aliphatic heterocycles. The van der Waals surface area contributed by atoms with E-state index in [1.807, 2.05) is 13.0 Å². The molecule has 0 aliphatic carbocycles. The molecule has 0 spiro atoms. The summed E-state index contributed by atoms with van der Waals surface area (Å²) in [5.41, 5.74) is 10.1. The summed E-state index contributed by atoms with van der Waals surface area (Å²) in [6.07, 6.45) is 5.18. The smallest absolute Gasteiger partial charge is 0.316 e. The Balaban J connectivity index is 5.78. The Labute approximate surface area is 136 Å². The molecule has 0 rings (SSSR count). The Bertz CT molecular complexity index is 598. The van der Waals surface area contributed by atoms with E-state index in [4.69, 9.17) is 5.73 Å². The first-order chi connectivity index (χ1) is 10.8. The molecule has 0 aromatic carbocycles. The molecule has 4 N–H and O–H groups in total. The van der Waals surface area contributed by atoms with Crippen molar-refractivity contribution >= 4 is 17.6 Å². The van der Waals surface area contributed by atoms with Crippen LogP contribution in [0.25, 0.3) is 0 Å². The fourth-order valence-electron chi connectivity index (χ4n) is 1.76. The number of aliphatic imine (C=N–C) groups is 1. The zero-order valence-corrected chi connectivity index (χ0v) is 14.2. The first-order valence-corrected chi connectivity index (χ1v) is 6.86. The maximum atomic E-state index is 11.7. The van der Waals surface area contributed by atoms with Crippen molar-refractivity contribution in [2.45, 2.75) is 20.8 Å². The molecule has 0 saturated carbocycles. The van der Waals surface area contributed by atoms with Crippen LogP contribution in [0.4, 0.5) is 4.79 Å². The fraction of sp³-hybridized carbons (Fsp3) is 0.312. The van der Waals surface area contributed by atoms with Crippen molar-refractivity contribution < 1.29 is 14.4 Å². The minimum Gasteiger partial charge on any atom is -0.351 e. The lowest BCUT2D eigenvalue weighted by molar-refractivity contribution is -0.126. The molecule has 0 bridgehead atoms. The second kappa shape index (κ2) is 10.1. The van der Waals surface area contributed by atoms with Gasteiger partial charge in [0, 0.05) is 23.9 Å². The Kier molecular flexibility index (Phi) is 8.95. The van der Waals surface area contributed by atoms with Gasteiger partial charge in [-0.05, 0) is 32.4 Å². The minimum atomic E-state index is -0.655. The molecule has 0 unspecified atom stereocenters. The zero-order chi connectivity index (χ0) is 18.0. The molecule has 0 aliphatic rings. The van der Waals surface area contributed by atoms with Crippen molar-refractivity contribution in [1.82, 2.24) is 10.8 Å². The van der Waals surface area contributed by atoms with Gasteiger partial charge in [0.25, 0.3) is 5.91 Å². The molecule has 0 aromatic heterocycles. The summed E-state index contributed by atoms with van der Waals surface area (Å²) in [5, 5.41) is 2.52. The quantitative estimate of drug-likeness (QED) is 0.288. The third-order valence-electron chi connectivity index (χ3n) is 2.89. The summed E-state index contributed by atoms with van der Waals surface area (Å²) in [5.74, 6) is -0.460. The second-order valence-corrected chi connectivity index (χ2v) is 4.57. The normalized spacial score (nSPS) is 13.6. The largest absolute Gasteiger partial charge is 0.351 e. The first-order valence-electron chi connectivity index (χ1n) is 6.86. The third-order valence-corrected chi connectivity index (χ3v) is 2.89. The van der Waals surface area contributed by atoms with Gasteiger partial charge in [-0.2, -0.15) is 0 Å². The van der Waals surface area contributed by atoms with E-state index in [2.05, 4.69) is 27.2 Å². The third kappa shape index (κ3) is 6.75. The Morgan fingerprint density at radius 2 is 1.91 bits per heavy atom. The van der Waals surface area contributed by atoms with Crippen molar-refractivity contribution in [3.8, 4) is 0 Å². The molecular formula is C16H24N4O3. The van der Waals surface area contributed by atoms with Crippen LogP contribution >= 0.6 is 0 Å². The molecule has 7 nitrogen and oxygen atoms in total. The summed E-state index contributed by atoms with van der Waals surface area (Å²) in [4.78, 5) is 31.5. The SMILES string of the molecule is C=C(/C=C(\C=C/C)C(=NC)/C(C)=C(\C)NC(N)=O)C(=O)NOC. The predicted octanol–water partition coefficient (Wildman–Crippen LogP) is 1.76. The molecule has 126 valence electrons. The molecule has 3 amide bonds.